The van der Waals surface area contributed by atoms with E-state index in [1.54, 1.807) is 16.4 Å². The maximum Gasteiger partial charge on any atom is 0.295 e. The van der Waals surface area contributed by atoms with Gasteiger partial charge in [0, 0.05) is 23.5 Å². The van der Waals surface area contributed by atoms with Crippen molar-refractivity contribution in [2.45, 2.75) is 43.3 Å². The highest BCUT2D eigenvalue weighted by atomic mass is 32.2. The minimum Gasteiger partial charge on any atom is -0.326 e. The lowest BCUT2D eigenvalue weighted by molar-refractivity contribution is -0.117. The van der Waals surface area contributed by atoms with E-state index in [2.05, 4.69) is 10.6 Å². The quantitative estimate of drug-likeness (QED) is 0.486. The maximum absolute atomic E-state index is 13.1. The zero-order valence-electron chi connectivity index (χ0n) is 19.0. The van der Waals surface area contributed by atoms with E-state index in [-0.39, 0.29) is 34.2 Å². The van der Waals surface area contributed by atoms with Crippen LogP contribution in [0.5, 0.6) is 0 Å². The van der Waals surface area contributed by atoms with E-state index in [0.29, 0.717) is 12.1 Å². The van der Waals surface area contributed by atoms with E-state index in [0.717, 1.165) is 29.1 Å². The molecule has 3 aromatic rings. The molecule has 1 aromatic heterocycles. The van der Waals surface area contributed by atoms with Crippen LogP contribution >= 0.6 is 11.8 Å². The molecule has 2 aromatic carbocycles. The summed E-state index contributed by atoms with van der Waals surface area (Å²) >= 11 is 1.42. The lowest BCUT2D eigenvalue weighted by Crippen LogP contribution is -2.28. The lowest BCUT2D eigenvalue weighted by Gasteiger charge is -2.15. The molecule has 33 heavy (non-hydrogen) atoms. The van der Waals surface area contributed by atoms with Crippen molar-refractivity contribution in [1.29, 1.82) is 0 Å². The molecule has 1 aliphatic rings. The number of aromatic nitrogens is 2. The average molecular weight is 465 g/mol. The summed E-state index contributed by atoms with van der Waals surface area (Å²) in [6, 6.07) is 16.9. The monoisotopic (exact) mass is 464 g/mol. The third-order valence-corrected chi connectivity index (χ3v) is 7.15. The first-order valence-electron chi connectivity index (χ1n) is 11.1. The first-order valence-corrected chi connectivity index (χ1v) is 12.0. The van der Waals surface area contributed by atoms with Crippen molar-refractivity contribution in [3.8, 4) is 5.69 Å². The normalized spacial score (nSPS) is 14.0. The summed E-state index contributed by atoms with van der Waals surface area (Å²) < 4.78 is 3.29. The van der Waals surface area contributed by atoms with Crippen molar-refractivity contribution in [3.05, 3.63) is 70.6 Å². The van der Waals surface area contributed by atoms with Gasteiger partial charge in [-0.05, 0) is 56.5 Å². The molecule has 8 heteroatoms. The van der Waals surface area contributed by atoms with Crippen LogP contribution in [0.4, 0.5) is 11.4 Å². The zero-order valence-corrected chi connectivity index (χ0v) is 19.8. The van der Waals surface area contributed by atoms with E-state index < -0.39 is 0 Å². The van der Waals surface area contributed by atoms with Crippen LogP contribution in [-0.4, -0.2) is 26.4 Å². The number of hydrogen-bond donors (Lipinski definition) is 2. The van der Waals surface area contributed by atoms with E-state index in [1.165, 1.54) is 11.8 Å². The Hall–Kier alpha value is -3.26. The second kappa shape index (κ2) is 9.70. The van der Waals surface area contributed by atoms with Crippen LogP contribution < -0.4 is 16.2 Å². The summed E-state index contributed by atoms with van der Waals surface area (Å²) in [5, 5.41) is 5.43. The number of hydrogen-bond acceptors (Lipinski definition) is 4. The van der Waals surface area contributed by atoms with Gasteiger partial charge in [-0.15, -0.1) is 11.8 Å². The molecule has 1 saturated carbocycles. The number of amides is 2. The highest BCUT2D eigenvalue weighted by Crippen LogP contribution is 2.32. The van der Waals surface area contributed by atoms with Crippen LogP contribution in [0, 0.1) is 12.8 Å². The number of carbonyl (C=O) groups is 2. The summed E-state index contributed by atoms with van der Waals surface area (Å²) in [5.41, 5.74) is 2.17. The second-order valence-electron chi connectivity index (χ2n) is 8.23. The van der Waals surface area contributed by atoms with Crippen molar-refractivity contribution in [1.82, 2.24) is 9.36 Å². The Morgan fingerprint density at radius 2 is 1.82 bits per heavy atom. The smallest absolute Gasteiger partial charge is 0.295 e. The van der Waals surface area contributed by atoms with Crippen LogP contribution in [0.15, 0.2) is 64.3 Å². The number of nitrogens with zero attached hydrogens (tertiary/aromatic N) is 2. The van der Waals surface area contributed by atoms with Gasteiger partial charge in [0.15, 0.2) is 0 Å². The van der Waals surface area contributed by atoms with Gasteiger partial charge in [0.05, 0.1) is 16.6 Å². The topological polar surface area (TPSA) is 85.1 Å². The summed E-state index contributed by atoms with van der Waals surface area (Å²) in [4.78, 5) is 39.2. The van der Waals surface area contributed by atoms with Crippen molar-refractivity contribution in [2.75, 3.05) is 10.6 Å². The number of carbonyl (C=O) groups excluding carboxylic acids is 2. The molecule has 2 N–H and O–H groups in total. The largest absolute Gasteiger partial charge is 0.326 e. The van der Waals surface area contributed by atoms with Crippen molar-refractivity contribution in [3.63, 3.8) is 0 Å². The number of thioether (sulfide) groups is 1. The molecule has 0 saturated heterocycles. The van der Waals surface area contributed by atoms with Crippen molar-refractivity contribution < 1.29 is 9.59 Å². The molecule has 0 radical (unpaired) electrons. The molecule has 1 fully saturated rings. The van der Waals surface area contributed by atoms with Gasteiger partial charge >= 0.3 is 0 Å². The Kier molecular flexibility index (Phi) is 6.74. The third kappa shape index (κ3) is 5.06. The average Bonchev–Trinajstić information content (AvgIpc) is 3.64. The minimum atomic E-state index is -0.386. The van der Waals surface area contributed by atoms with Gasteiger partial charge in [0.1, 0.15) is 5.69 Å². The molecule has 0 aliphatic heterocycles. The SMILES string of the molecule is CCC(Sc1cccc(NC(=O)C2CC2)c1)C(=O)Nc1c(C)n(C)n(-c2ccccc2)c1=O. The van der Waals surface area contributed by atoms with Crippen LogP contribution in [0.1, 0.15) is 31.9 Å². The zero-order chi connectivity index (χ0) is 23.5. The molecule has 172 valence electrons. The third-order valence-electron chi connectivity index (χ3n) is 5.79. The fourth-order valence-electron chi connectivity index (χ4n) is 3.64. The molecule has 1 heterocycles. The minimum absolute atomic E-state index is 0.0520. The van der Waals surface area contributed by atoms with Gasteiger partial charge in [0.2, 0.25) is 11.8 Å². The summed E-state index contributed by atoms with van der Waals surface area (Å²) in [6.45, 7) is 3.76. The number of anilines is 2. The fraction of sp³-hybridized carbons (Fsp3) is 0.320. The van der Waals surface area contributed by atoms with Gasteiger partial charge in [-0.25, -0.2) is 4.68 Å². The first-order chi connectivity index (χ1) is 15.9. The molecule has 0 bridgehead atoms. The fourth-order valence-corrected chi connectivity index (χ4v) is 4.65. The van der Waals surface area contributed by atoms with Crippen molar-refractivity contribution in [2.24, 2.45) is 13.0 Å². The molecule has 1 aliphatic carbocycles. The van der Waals surface area contributed by atoms with Gasteiger partial charge < -0.3 is 10.6 Å². The molecule has 1 atom stereocenters. The van der Waals surface area contributed by atoms with Gasteiger partial charge in [0.25, 0.3) is 5.56 Å². The second-order valence-corrected chi connectivity index (χ2v) is 9.51. The molecule has 7 nitrogen and oxygen atoms in total. The van der Waals surface area contributed by atoms with Gasteiger partial charge in [-0.2, -0.15) is 0 Å². The van der Waals surface area contributed by atoms with Crippen LogP contribution in [0.25, 0.3) is 5.69 Å². The number of benzene rings is 2. The van der Waals surface area contributed by atoms with Crippen LogP contribution in [0.3, 0.4) is 0 Å². The van der Waals surface area contributed by atoms with E-state index >= 15 is 0 Å². The highest BCUT2D eigenvalue weighted by Gasteiger charge is 2.29. The van der Waals surface area contributed by atoms with Crippen LogP contribution in [0.2, 0.25) is 0 Å². The Morgan fingerprint density at radius 3 is 2.48 bits per heavy atom. The molecular weight excluding hydrogens is 436 g/mol. The molecular formula is C25H28N4O3S. The number of rotatable bonds is 8. The predicted octanol–water partition coefficient (Wildman–Crippen LogP) is 4.34. The molecule has 2 amide bonds. The van der Waals surface area contributed by atoms with Crippen molar-refractivity contribution >= 4 is 35.0 Å². The Labute approximate surface area is 197 Å². The summed E-state index contributed by atoms with van der Waals surface area (Å²) in [6.07, 6.45) is 2.49. The predicted molar refractivity (Wildman–Crippen MR) is 132 cm³/mol. The van der Waals surface area contributed by atoms with Gasteiger partial charge in [-0.3, -0.25) is 19.1 Å². The van der Waals surface area contributed by atoms with E-state index in [1.807, 2.05) is 68.4 Å². The van der Waals surface area contributed by atoms with Crippen LogP contribution in [-0.2, 0) is 16.6 Å². The molecule has 1 unspecified atom stereocenters. The molecule has 4 rings (SSSR count). The summed E-state index contributed by atoms with van der Waals surface area (Å²) in [5.74, 6) is -0.0402. The maximum atomic E-state index is 13.1. The Balaban J connectivity index is 1.50. The Bertz CT molecular complexity index is 1230. The lowest BCUT2D eigenvalue weighted by atomic mass is 10.3. The first kappa shape index (κ1) is 22.9. The standard InChI is InChI=1S/C25H28N4O3S/c1-4-21(33-20-12-8-9-18(15-20)26-23(30)17-13-14-17)24(31)27-22-16(2)28(3)29(25(22)32)19-10-6-5-7-11-19/h5-12,15,17,21H,4,13-14H2,1-3H3,(H,26,30)(H,27,31). The number of nitrogens with one attached hydrogen (secondary N) is 2. The molecule has 0 spiro atoms. The Morgan fingerprint density at radius 1 is 1.09 bits per heavy atom. The summed E-state index contributed by atoms with van der Waals surface area (Å²) in [7, 11) is 1.80. The van der Waals surface area contributed by atoms with Gasteiger partial charge in [-0.1, -0.05) is 31.2 Å². The van der Waals surface area contributed by atoms with E-state index in [9.17, 15) is 14.4 Å². The highest BCUT2D eigenvalue weighted by molar-refractivity contribution is 8.00. The van der Waals surface area contributed by atoms with E-state index in [4.69, 9.17) is 0 Å². The number of para-hydroxylation sites is 1.